The van der Waals surface area contributed by atoms with E-state index < -0.39 is 19.9 Å². The summed E-state index contributed by atoms with van der Waals surface area (Å²) >= 11 is 5.91. The third-order valence-electron chi connectivity index (χ3n) is 5.35. The minimum absolute atomic E-state index is 0.00753. The third kappa shape index (κ3) is 5.22. The molecule has 174 valence electrons. The number of hydrogen-bond acceptors (Lipinski definition) is 5. The van der Waals surface area contributed by atoms with Gasteiger partial charge in [-0.15, -0.1) is 6.58 Å². The van der Waals surface area contributed by atoms with Gasteiger partial charge in [-0.3, -0.25) is 0 Å². The normalized spacial score (nSPS) is 14.5. The molecule has 10 heteroatoms. The zero-order chi connectivity index (χ0) is 23.6. The lowest BCUT2D eigenvalue weighted by Crippen LogP contribution is -2.32. The maximum absolute atomic E-state index is 13.3. The summed E-state index contributed by atoms with van der Waals surface area (Å²) in [7, 11) is -7.58. The van der Waals surface area contributed by atoms with E-state index in [-0.39, 0.29) is 34.9 Å². The van der Waals surface area contributed by atoms with Crippen LogP contribution in [0, 0.1) is 0 Å². The Kier molecular flexibility index (Phi) is 6.76. The van der Waals surface area contributed by atoms with Gasteiger partial charge in [0.25, 0.3) is 0 Å². The molecule has 1 fully saturated rings. The van der Waals surface area contributed by atoms with Crippen LogP contribution < -0.4 is 0 Å². The molecule has 1 aliphatic carbocycles. The van der Waals surface area contributed by atoms with E-state index >= 15 is 0 Å². The first-order valence-corrected chi connectivity index (χ1v) is 13.9. The first-order chi connectivity index (χ1) is 15.7. The highest BCUT2D eigenvalue weighted by molar-refractivity contribution is 7.90. The number of rotatable bonds is 10. The number of hydrogen-bond donors (Lipinski definition) is 0. The molecule has 0 aliphatic heterocycles. The number of imidazole rings is 1. The first-order valence-electron chi connectivity index (χ1n) is 10.4. The van der Waals surface area contributed by atoms with Gasteiger partial charge < -0.3 is 4.57 Å². The Morgan fingerprint density at radius 3 is 2.33 bits per heavy atom. The summed E-state index contributed by atoms with van der Waals surface area (Å²) in [6.07, 6.45) is 4.60. The summed E-state index contributed by atoms with van der Waals surface area (Å²) in [5.41, 5.74) is 1.20. The maximum Gasteiger partial charge on any atom is 0.243 e. The molecule has 3 aromatic rings. The van der Waals surface area contributed by atoms with Crippen molar-refractivity contribution in [2.45, 2.75) is 41.2 Å². The zero-order valence-corrected chi connectivity index (χ0v) is 20.2. The minimum Gasteiger partial charge on any atom is -0.315 e. The predicted octanol–water partition coefficient (Wildman–Crippen LogP) is 4.22. The van der Waals surface area contributed by atoms with Gasteiger partial charge in [0, 0.05) is 17.6 Å². The van der Waals surface area contributed by atoms with Crippen LogP contribution in [0.1, 0.15) is 30.1 Å². The highest BCUT2D eigenvalue weighted by atomic mass is 35.5. The van der Waals surface area contributed by atoms with Crippen LogP contribution in [-0.2, 0) is 32.2 Å². The smallest absolute Gasteiger partial charge is 0.243 e. The molecule has 0 amide bonds. The van der Waals surface area contributed by atoms with Crippen molar-refractivity contribution in [3.05, 3.63) is 89.7 Å². The summed E-state index contributed by atoms with van der Waals surface area (Å²) < 4.78 is 55.8. The highest BCUT2D eigenvalue weighted by Gasteiger charge is 2.35. The van der Waals surface area contributed by atoms with Gasteiger partial charge >= 0.3 is 0 Å². The van der Waals surface area contributed by atoms with E-state index in [0.717, 1.165) is 12.8 Å². The molecule has 4 rings (SSSR count). The van der Waals surface area contributed by atoms with E-state index in [9.17, 15) is 16.8 Å². The second-order valence-corrected chi connectivity index (χ2v) is 12.2. The van der Waals surface area contributed by atoms with Crippen molar-refractivity contribution < 1.29 is 16.8 Å². The molecule has 0 atom stereocenters. The van der Waals surface area contributed by atoms with Gasteiger partial charge in [-0.25, -0.2) is 21.8 Å². The van der Waals surface area contributed by atoms with Gasteiger partial charge in [0.15, 0.2) is 0 Å². The molecule has 33 heavy (non-hydrogen) atoms. The molecule has 1 aromatic heterocycles. The Morgan fingerprint density at radius 1 is 1.06 bits per heavy atom. The van der Waals surface area contributed by atoms with Crippen LogP contribution >= 0.6 is 11.6 Å². The van der Waals surface area contributed by atoms with Crippen LogP contribution in [0.15, 0.2) is 83.5 Å². The fraction of sp³-hybridized carbons (Fsp3) is 0.261. The highest BCUT2D eigenvalue weighted by Crippen LogP contribution is 2.39. The molecule has 0 N–H and O–H groups in total. The average Bonchev–Trinajstić information content (AvgIpc) is 3.53. The van der Waals surface area contributed by atoms with Gasteiger partial charge in [-0.2, -0.15) is 4.31 Å². The third-order valence-corrected chi connectivity index (χ3v) is 9.00. The van der Waals surface area contributed by atoms with Gasteiger partial charge in [0.05, 0.1) is 29.1 Å². The number of sulfone groups is 1. The molecule has 2 aromatic carbocycles. The molecule has 0 saturated heterocycles. The lowest BCUT2D eigenvalue weighted by Gasteiger charge is -2.22. The molecule has 1 heterocycles. The standard InChI is InChI=1S/C23H24ClN3O4S2/c1-2-14-26(33(30,31)22-12-8-19(24)9-13-22)16-21-15-25-23(27(21)20-10-11-20)32(28,29)17-18-6-4-3-5-7-18/h2-9,12-13,15,20H,1,10-11,14,16-17H2. The van der Waals surface area contributed by atoms with Crippen LogP contribution in [0.2, 0.25) is 5.02 Å². The molecule has 1 aliphatic rings. The fourth-order valence-corrected chi connectivity index (χ4v) is 6.68. The molecular formula is C23H24ClN3O4S2. The lowest BCUT2D eigenvalue weighted by molar-refractivity contribution is 0.421. The van der Waals surface area contributed by atoms with Crippen molar-refractivity contribution in [1.82, 2.24) is 13.9 Å². The summed E-state index contributed by atoms with van der Waals surface area (Å²) in [6.45, 7) is 3.72. The topological polar surface area (TPSA) is 89.3 Å². The monoisotopic (exact) mass is 505 g/mol. The number of benzene rings is 2. The van der Waals surface area contributed by atoms with Crippen LogP contribution in [-0.4, -0.2) is 37.2 Å². The van der Waals surface area contributed by atoms with E-state index in [0.29, 0.717) is 16.3 Å². The summed E-state index contributed by atoms with van der Waals surface area (Å²) in [5.74, 6) is -0.170. The SMILES string of the molecule is C=CCN(Cc1cnc(S(=O)(=O)Cc2ccccc2)n1C1CC1)S(=O)(=O)c1ccc(Cl)cc1. The second-order valence-electron chi connectivity index (χ2n) is 7.92. The molecule has 1 saturated carbocycles. The lowest BCUT2D eigenvalue weighted by atomic mass is 10.2. The van der Waals surface area contributed by atoms with Crippen LogP contribution in [0.3, 0.4) is 0 Å². The van der Waals surface area contributed by atoms with Gasteiger partial charge in [0.2, 0.25) is 25.0 Å². The van der Waals surface area contributed by atoms with Crippen molar-refractivity contribution in [3.8, 4) is 0 Å². The van der Waals surface area contributed by atoms with Gasteiger partial charge in [-0.1, -0.05) is 48.0 Å². The predicted molar refractivity (Wildman–Crippen MR) is 127 cm³/mol. The number of halogens is 1. The number of nitrogens with zero attached hydrogens (tertiary/aromatic N) is 3. The number of aromatic nitrogens is 2. The number of sulfonamides is 1. The summed E-state index contributed by atoms with van der Waals surface area (Å²) in [6, 6.07) is 14.8. The van der Waals surface area contributed by atoms with E-state index in [2.05, 4.69) is 11.6 Å². The summed E-state index contributed by atoms with van der Waals surface area (Å²) in [4.78, 5) is 4.34. The van der Waals surface area contributed by atoms with E-state index in [4.69, 9.17) is 11.6 Å². The molecular weight excluding hydrogens is 482 g/mol. The molecule has 0 spiro atoms. The van der Waals surface area contributed by atoms with Crippen molar-refractivity contribution in [3.63, 3.8) is 0 Å². The van der Waals surface area contributed by atoms with Crippen LogP contribution in [0.25, 0.3) is 0 Å². The van der Waals surface area contributed by atoms with Crippen LogP contribution in [0.4, 0.5) is 0 Å². The Bertz CT molecular complexity index is 1350. The van der Waals surface area contributed by atoms with E-state index in [1.54, 1.807) is 28.8 Å². The first kappa shape index (κ1) is 23.7. The molecule has 0 radical (unpaired) electrons. The maximum atomic E-state index is 13.3. The van der Waals surface area contributed by atoms with Crippen molar-refractivity contribution in [2.24, 2.45) is 0 Å². The fourth-order valence-electron chi connectivity index (χ4n) is 3.63. The summed E-state index contributed by atoms with van der Waals surface area (Å²) in [5, 5.41) is 0.413. The minimum atomic E-state index is -3.86. The van der Waals surface area contributed by atoms with Gasteiger partial charge in [-0.05, 0) is 42.7 Å². The Labute approximate surface area is 199 Å². The Balaban J connectivity index is 1.68. The van der Waals surface area contributed by atoms with E-state index in [1.807, 2.05) is 6.07 Å². The Hall–Kier alpha value is -2.46. The van der Waals surface area contributed by atoms with Crippen molar-refractivity contribution in [1.29, 1.82) is 0 Å². The zero-order valence-electron chi connectivity index (χ0n) is 17.8. The average molecular weight is 506 g/mol. The van der Waals surface area contributed by atoms with Gasteiger partial charge in [0.1, 0.15) is 0 Å². The molecule has 0 bridgehead atoms. The quantitative estimate of drug-likeness (QED) is 0.385. The second kappa shape index (κ2) is 9.42. The van der Waals surface area contributed by atoms with Crippen LogP contribution in [0.5, 0.6) is 0 Å². The van der Waals surface area contributed by atoms with Crippen molar-refractivity contribution >= 4 is 31.5 Å². The molecule has 0 unspecified atom stereocenters. The van der Waals surface area contributed by atoms with E-state index in [1.165, 1.54) is 40.8 Å². The largest absolute Gasteiger partial charge is 0.315 e. The van der Waals surface area contributed by atoms with Crippen molar-refractivity contribution in [2.75, 3.05) is 6.54 Å². The molecule has 7 nitrogen and oxygen atoms in total. The Morgan fingerprint density at radius 2 is 1.73 bits per heavy atom.